The van der Waals surface area contributed by atoms with E-state index in [0.717, 1.165) is 4.31 Å². The molecule has 3 N–H and O–H groups in total. The number of rotatable bonds is 6. The molecule has 0 bridgehead atoms. The van der Waals surface area contributed by atoms with Gasteiger partial charge in [0.15, 0.2) is 0 Å². The van der Waals surface area contributed by atoms with E-state index in [9.17, 15) is 8.42 Å². The van der Waals surface area contributed by atoms with Crippen molar-refractivity contribution in [2.75, 3.05) is 37.3 Å². The Morgan fingerprint density at radius 1 is 1.47 bits per heavy atom. The molecule has 1 rings (SSSR count). The van der Waals surface area contributed by atoms with Crippen molar-refractivity contribution in [3.8, 4) is 0 Å². The van der Waals surface area contributed by atoms with E-state index < -0.39 is 10.2 Å². The van der Waals surface area contributed by atoms with Crippen molar-refractivity contribution in [2.24, 2.45) is 0 Å². The number of hydrogen-bond donors (Lipinski definition) is 2. The summed E-state index contributed by atoms with van der Waals surface area (Å²) in [5, 5.41) is 0. The number of nitrogens with zero attached hydrogens (tertiary/aromatic N) is 1. The molecule has 0 saturated carbocycles. The van der Waals surface area contributed by atoms with Gasteiger partial charge in [0.05, 0.1) is 12.3 Å². The summed E-state index contributed by atoms with van der Waals surface area (Å²) in [6, 6.07) is 6.66. The molecule has 1 aromatic rings. The third-order valence-electron chi connectivity index (χ3n) is 2.19. The van der Waals surface area contributed by atoms with Gasteiger partial charge >= 0.3 is 10.2 Å². The smallest absolute Gasteiger partial charge is 0.301 e. The first-order valence-corrected chi connectivity index (χ1v) is 6.49. The topological polar surface area (TPSA) is 84.7 Å². The number of nitrogens with one attached hydrogen (secondary N) is 1. The molecule has 0 aliphatic heterocycles. The molecule has 0 aromatic heterocycles. The third kappa shape index (κ3) is 3.88. The first-order chi connectivity index (χ1) is 7.97. The van der Waals surface area contributed by atoms with Crippen molar-refractivity contribution in [3.05, 3.63) is 24.3 Å². The lowest BCUT2D eigenvalue weighted by molar-refractivity contribution is 0.204. The molecule has 7 heteroatoms. The van der Waals surface area contributed by atoms with Crippen molar-refractivity contribution in [1.29, 1.82) is 0 Å². The molecule has 6 nitrogen and oxygen atoms in total. The van der Waals surface area contributed by atoms with E-state index in [4.69, 9.17) is 10.5 Å². The van der Waals surface area contributed by atoms with Crippen molar-refractivity contribution < 1.29 is 13.2 Å². The Morgan fingerprint density at radius 2 is 2.18 bits per heavy atom. The van der Waals surface area contributed by atoms with Crippen molar-refractivity contribution in [1.82, 2.24) is 4.72 Å². The first kappa shape index (κ1) is 13.8. The molecular formula is C10H17N3O3S. The van der Waals surface area contributed by atoms with Crippen LogP contribution in [0.3, 0.4) is 0 Å². The van der Waals surface area contributed by atoms with Gasteiger partial charge in [0.1, 0.15) is 0 Å². The van der Waals surface area contributed by atoms with Gasteiger partial charge in [-0.1, -0.05) is 6.07 Å². The minimum atomic E-state index is -3.55. The van der Waals surface area contributed by atoms with E-state index in [-0.39, 0.29) is 6.54 Å². The second-order valence-corrected chi connectivity index (χ2v) is 5.24. The quantitative estimate of drug-likeness (QED) is 0.564. The van der Waals surface area contributed by atoms with Crippen LogP contribution in [0.4, 0.5) is 11.4 Å². The third-order valence-corrected chi connectivity index (χ3v) is 3.69. The van der Waals surface area contributed by atoms with E-state index >= 15 is 0 Å². The van der Waals surface area contributed by atoms with E-state index in [1.807, 2.05) is 0 Å². The monoisotopic (exact) mass is 259 g/mol. The Labute approximate surface area is 102 Å². The largest absolute Gasteiger partial charge is 0.399 e. The number of methoxy groups -OCH3 is 1. The summed E-state index contributed by atoms with van der Waals surface area (Å²) in [5.74, 6) is 0. The van der Waals surface area contributed by atoms with Crippen LogP contribution >= 0.6 is 0 Å². The summed E-state index contributed by atoms with van der Waals surface area (Å²) < 4.78 is 32.0. The summed E-state index contributed by atoms with van der Waals surface area (Å²) in [6.07, 6.45) is 0. The van der Waals surface area contributed by atoms with Crippen LogP contribution in [0.15, 0.2) is 24.3 Å². The fourth-order valence-electron chi connectivity index (χ4n) is 1.23. The molecule has 17 heavy (non-hydrogen) atoms. The van der Waals surface area contributed by atoms with Gasteiger partial charge < -0.3 is 10.5 Å². The van der Waals surface area contributed by atoms with Crippen LogP contribution in [0.1, 0.15) is 0 Å². The molecule has 0 fully saturated rings. The zero-order valence-electron chi connectivity index (χ0n) is 9.88. The minimum absolute atomic E-state index is 0.228. The van der Waals surface area contributed by atoms with Crippen LogP contribution in [0, 0.1) is 0 Å². The van der Waals surface area contributed by atoms with Gasteiger partial charge in [-0.3, -0.25) is 4.31 Å². The van der Waals surface area contributed by atoms with Crippen LogP contribution in [-0.4, -0.2) is 35.7 Å². The molecule has 0 saturated heterocycles. The predicted molar refractivity (Wildman–Crippen MR) is 68.1 cm³/mol. The van der Waals surface area contributed by atoms with Crippen molar-refractivity contribution in [3.63, 3.8) is 0 Å². The lowest BCUT2D eigenvalue weighted by atomic mass is 10.3. The Kier molecular flexibility index (Phi) is 4.73. The summed E-state index contributed by atoms with van der Waals surface area (Å²) >= 11 is 0. The van der Waals surface area contributed by atoms with Gasteiger partial charge in [-0.05, 0) is 18.2 Å². The molecule has 1 aromatic carbocycles. The van der Waals surface area contributed by atoms with Gasteiger partial charge in [0.2, 0.25) is 0 Å². The lowest BCUT2D eigenvalue weighted by Crippen LogP contribution is -2.39. The Hall–Kier alpha value is -1.31. The van der Waals surface area contributed by atoms with E-state index in [0.29, 0.717) is 18.0 Å². The van der Waals surface area contributed by atoms with Gasteiger partial charge in [-0.15, -0.1) is 0 Å². The van der Waals surface area contributed by atoms with Gasteiger partial charge in [0.25, 0.3) is 0 Å². The van der Waals surface area contributed by atoms with Crippen LogP contribution in [-0.2, 0) is 14.9 Å². The number of anilines is 2. The molecule has 0 unspecified atom stereocenters. The molecule has 0 spiro atoms. The lowest BCUT2D eigenvalue weighted by Gasteiger charge is -2.19. The molecule has 0 aliphatic rings. The number of benzene rings is 1. The number of nitrogens with two attached hydrogens (primary N) is 1. The Balaban J connectivity index is 2.78. The van der Waals surface area contributed by atoms with E-state index in [1.165, 1.54) is 14.2 Å². The summed E-state index contributed by atoms with van der Waals surface area (Å²) in [4.78, 5) is 0. The van der Waals surface area contributed by atoms with Crippen LogP contribution in [0.25, 0.3) is 0 Å². The van der Waals surface area contributed by atoms with Gasteiger partial charge in [-0.25, -0.2) is 0 Å². The Morgan fingerprint density at radius 3 is 2.76 bits per heavy atom. The maximum Gasteiger partial charge on any atom is 0.301 e. The number of nitrogen functional groups attached to an aromatic ring is 1. The maximum atomic E-state index is 11.8. The first-order valence-electron chi connectivity index (χ1n) is 5.05. The minimum Gasteiger partial charge on any atom is -0.399 e. The molecule has 0 heterocycles. The highest BCUT2D eigenvalue weighted by Gasteiger charge is 2.17. The average Bonchev–Trinajstić information content (AvgIpc) is 2.28. The standard InChI is InChI=1S/C10H17N3O3S/c1-13(10-5-3-4-9(11)8-10)17(14,15)12-6-7-16-2/h3-5,8,12H,6-7,11H2,1-2H3. The van der Waals surface area contributed by atoms with Gasteiger partial charge in [0, 0.05) is 26.4 Å². The van der Waals surface area contributed by atoms with Crippen molar-refractivity contribution in [2.45, 2.75) is 0 Å². The fraction of sp³-hybridized carbons (Fsp3) is 0.400. The summed E-state index contributed by atoms with van der Waals surface area (Å²) in [5.41, 5.74) is 6.62. The van der Waals surface area contributed by atoms with Gasteiger partial charge in [-0.2, -0.15) is 13.1 Å². The highest BCUT2D eigenvalue weighted by molar-refractivity contribution is 7.90. The second kappa shape index (κ2) is 5.85. The molecule has 0 aliphatic carbocycles. The van der Waals surface area contributed by atoms with Crippen LogP contribution in [0.2, 0.25) is 0 Å². The summed E-state index contributed by atoms with van der Waals surface area (Å²) in [6.45, 7) is 0.551. The van der Waals surface area contributed by atoms with Crippen LogP contribution < -0.4 is 14.8 Å². The number of hydrogen-bond acceptors (Lipinski definition) is 4. The SMILES string of the molecule is COCCNS(=O)(=O)N(C)c1cccc(N)c1. The van der Waals surface area contributed by atoms with Crippen molar-refractivity contribution >= 4 is 21.6 Å². The highest BCUT2D eigenvalue weighted by atomic mass is 32.2. The Bertz CT molecular complexity index is 462. The molecule has 0 amide bonds. The molecule has 0 atom stereocenters. The number of ether oxygens (including phenoxy) is 1. The predicted octanol–water partition coefficient (Wildman–Crippen LogP) is 0.186. The van der Waals surface area contributed by atoms with E-state index in [2.05, 4.69) is 4.72 Å². The zero-order chi connectivity index (χ0) is 12.9. The van der Waals surface area contributed by atoms with Crippen LogP contribution in [0.5, 0.6) is 0 Å². The fourth-order valence-corrected chi connectivity index (χ4v) is 2.16. The molecule has 96 valence electrons. The summed E-state index contributed by atoms with van der Waals surface area (Å²) in [7, 11) is -0.583. The molecule has 0 radical (unpaired) electrons. The average molecular weight is 259 g/mol. The second-order valence-electron chi connectivity index (χ2n) is 3.45. The normalized spacial score (nSPS) is 11.4. The van der Waals surface area contributed by atoms with E-state index in [1.54, 1.807) is 24.3 Å². The maximum absolute atomic E-state index is 11.8. The molecular weight excluding hydrogens is 242 g/mol. The highest BCUT2D eigenvalue weighted by Crippen LogP contribution is 2.17. The zero-order valence-corrected chi connectivity index (χ0v) is 10.7.